The van der Waals surface area contributed by atoms with E-state index in [1.54, 1.807) is 18.2 Å². The first kappa shape index (κ1) is 16.5. The molecule has 0 unspecified atom stereocenters. The molecule has 0 radical (unpaired) electrons. The second kappa shape index (κ2) is 7.42. The maximum absolute atomic E-state index is 12.4. The summed E-state index contributed by atoms with van der Waals surface area (Å²) >= 11 is 5.99. The molecule has 118 valence electrons. The molecule has 1 amide bonds. The summed E-state index contributed by atoms with van der Waals surface area (Å²) in [5.41, 5.74) is 0.648. The monoisotopic (exact) mass is 321 g/mol. The number of fused-ring (bicyclic) bond motifs is 1. The molecule has 0 aliphatic carbocycles. The van der Waals surface area contributed by atoms with Crippen molar-refractivity contribution in [2.24, 2.45) is 0 Å². The third kappa shape index (κ3) is 3.87. The Morgan fingerprint density at radius 2 is 2.00 bits per heavy atom. The number of likely N-dealkylation sites (N-methyl/N-ethyl adjacent to an activating group) is 1. The van der Waals surface area contributed by atoms with Crippen molar-refractivity contribution in [3.8, 4) is 0 Å². The van der Waals surface area contributed by atoms with Crippen molar-refractivity contribution in [2.45, 2.75) is 13.8 Å². The maximum Gasteiger partial charge on any atom is 0.252 e. The van der Waals surface area contributed by atoms with Crippen molar-refractivity contribution in [1.82, 2.24) is 15.2 Å². The fraction of sp³-hybridized carbons (Fsp3) is 0.375. The average Bonchev–Trinajstić information content (AvgIpc) is 2.51. The van der Waals surface area contributed by atoms with Crippen LogP contribution in [0.1, 0.15) is 24.2 Å². The van der Waals surface area contributed by atoms with Gasteiger partial charge in [0.15, 0.2) is 0 Å². The van der Waals surface area contributed by atoms with E-state index in [4.69, 9.17) is 11.6 Å². The van der Waals surface area contributed by atoms with E-state index in [0.29, 0.717) is 28.0 Å². The minimum Gasteiger partial charge on any atom is -0.351 e. The molecule has 0 atom stereocenters. The smallest absolute Gasteiger partial charge is 0.252 e. The Morgan fingerprint density at radius 1 is 1.27 bits per heavy atom. The van der Waals surface area contributed by atoms with Crippen molar-refractivity contribution in [1.29, 1.82) is 0 Å². The van der Waals surface area contributed by atoms with Gasteiger partial charge in [-0.3, -0.25) is 9.59 Å². The van der Waals surface area contributed by atoms with E-state index >= 15 is 0 Å². The molecule has 0 aliphatic rings. The Bertz CT molecular complexity index is 723. The van der Waals surface area contributed by atoms with E-state index in [2.05, 4.69) is 29.0 Å². The van der Waals surface area contributed by atoms with Crippen LogP contribution in [0.15, 0.2) is 29.1 Å². The van der Waals surface area contributed by atoms with Gasteiger partial charge in [0.05, 0.1) is 5.56 Å². The zero-order valence-electron chi connectivity index (χ0n) is 12.8. The summed E-state index contributed by atoms with van der Waals surface area (Å²) in [6, 6.07) is 6.38. The maximum atomic E-state index is 12.4. The largest absolute Gasteiger partial charge is 0.351 e. The summed E-state index contributed by atoms with van der Waals surface area (Å²) in [6.07, 6.45) is 0. The van der Waals surface area contributed by atoms with Crippen LogP contribution in [0.2, 0.25) is 5.02 Å². The molecule has 0 fully saturated rings. The minimum absolute atomic E-state index is 0.259. The van der Waals surface area contributed by atoms with Gasteiger partial charge in [0.2, 0.25) is 5.56 Å². The van der Waals surface area contributed by atoms with Crippen LogP contribution in [-0.2, 0) is 0 Å². The van der Waals surface area contributed by atoms with Gasteiger partial charge in [0.25, 0.3) is 5.91 Å². The molecule has 2 N–H and O–H groups in total. The summed E-state index contributed by atoms with van der Waals surface area (Å²) < 4.78 is 0. The molecule has 0 aliphatic heterocycles. The van der Waals surface area contributed by atoms with Gasteiger partial charge in [0, 0.05) is 35.1 Å². The minimum atomic E-state index is -0.302. The van der Waals surface area contributed by atoms with Gasteiger partial charge in [-0.2, -0.15) is 0 Å². The van der Waals surface area contributed by atoms with E-state index in [0.717, 1.165) is 19.6 Å². The Balaban J connectivity index is 2.20. The molecule has 5 nitrogen and oxygen atoms in total. The molecular formula is C16H20ClN3O2. The van der Waals surface area contributed by atoms with Gasteiger partial charge in [0.1, 0.15) is 0 Å². The Labute approximate surface area is 134 Å². The van der Waals surface area contributed by atoms with Crippen LogP contribution in [0.5, 0.6) is 0 Å². The van der Waals surface area contributed by atoms with Crippen molar-refractivity contribution < 1.29 is 4.79 Å². The number of aromatic amines is 1. The number of carbonyl (C=O) groups is 1. The number of halogens is 1. The normalized spacial score (nSPS) is 11.1. The second-order valence-corrected chi connectivity index (χ2v) is 5.46. The van der Waals surface area contributed by atoms with Crippen molar-refractivity contribution in [3.63, 3.8) is 0 Å². The highest BCUT2D eigenvalue weighted by molar-refractivity contribution is 6.31. The van der Waals surface area contributed by atoms with Gasteiger partial charge in [-0.25, -0.2) is 0 Å². The molecule has 2 aromatic rings. The number of H-pyrrole nitrogens is 1. The first-order valence-corrected chi connectivity index (χ1v) is 7.76. The molecule has 2 rings (SSSR count). The molecule has 0 bridgehead atoms. The number of aromatic nitrogens is 1. The first-order valence-electron chi connectivity index (χ1n) is 7.38. The predicted molar refractivity (Wildman–Crippen MR) is 89.7 cm³/mol. The molecule has 1 aromatic heterocycles. The van der Waals surface area contributed by atoms with Gasteiger partial charge in [-0.15, -0.1) is 0 Å². The lowest BCUT2D eigenvalue weighted by Crippen LogP contribution is -2.35. The Hall–Kier alpha value is -1.85. The van der Waals surface area contributed by atoms with Crippen molar-refractivity contribution in [2.75, 3.05) is 26.2 Å². The summed E-state index contributed by atoms with van der Waals surface area (Å²) in [4.78, 5) is 29.0. The molecule has 6 heteroatoms. The average molecular weight is 322 g/mol. The lowest BCUT2D eigenvalue weighted by atomic mass is 10.1. The summed E-state index contributed by atoms with van der Waals surface area (Å²) in [6.45, 7) is 7.36. The molecule has 0 saturated heterocycles. The van der Waals surface area contributed by atoms with Crippen LogP contribution in [0.4, 0.5) is 0 Å². The zero-order chi connectivity index (χ0) is 16.1. The van der Waals surface area contributed by atoms with Gasteiger partial charge in [-0.05, 0) is 31.3 Å². The van der Waals surface area contributed by atoms with Crippen LogP contribution >= 0.6 is 11.6 Å². The number of amides is 1. The fourth-order valence-electron chi connectivity index (χ4n) is 2.38. The topological polar surface area (TPSA) is 65.2 Å². The fourth-order valence-corrected chi connectivity index (χ4v) is 2.55. The molecule has 22 heavy (non-hydrogen) atoms. The summed E-state index contributed by atoms with van der Waals surface area (Å²) in [5.74, 6) is -0.259. The zero-order valence-corrected chi connectivity index (χ0v) is 13.5. The number of nitrogens with one attached hydrogen (secondary N) is 2. The standard InChI is InChI=1S/C16H20ClN3O2/c1-3-20(4-2)8-7-18-16(22)13-10-15(21)19-14-6-5-11(17)9-12(13)14/h5-6,9-10H,3-4,7-8H2,1-2H3,(H,18,22)(H,19,21). The van der Waals surface area contributed by atoms with Gasteiger partial charge < -0.3 is 15.2 Å². The highest BCUT2D eigenvalue weighted by Crippen LogP contribution is 2.20. The lowest BCUT2D eigenvalue weighted by Gasteiger charge is -2.18. The number of benzene rings is 1. The Kier molecular flexibility index (Phi) is 5.57. The van der Waals surface area contributed by atoms with Crippen LogP contribution in [0.25, 0.3) is 10.9 Å². The van der Waals surface area contributed by atoms with Crippen molar-refractivity contribution >= 4 is 28.4 Å². The second-order valence-electron chi connectivity index (χ2n) is 5.02. The number of hydrogen-bond donors (Lipinski definition) is 2. The summed E-state index contributed by atoms with van der Waals surface area (Å²) in [7, 11) is 0. The Morgan fingerprint density at radius 3 is 2.68 bits per heavy atom. The third-order valence-electron chi connectivity index (χ3n) is 3.66. The highest BCUT2D eigenvalue weighted by atomic mass is 35.5. The van der Waals surface area contributed by atoms with Crippen LogP contribution in [0.3, 0.4) is 0 Å². The highest BCUT2D eigenvalue weighted by Gasteiger charge is 2.12. The van der Waals surface area contributed by atoms with E-state index in [1.165, 1.54) is 6.07 Å². The predicted octanol–water partition coefficient (Wildman–Crippen LogP) is 2.25. The lowest BCUT2D eigenvalue weighted by molar-refractivity contribution is 0.0950. The van der Waals surface area contributed by atoms with E-state index in [-0.39, 0.29) is 11.5 Å². The first-order chi connectivity index (χ1) is 10.5. The van der Waals surface area contributed by atoms with E-state index < -0.39 is 0 Å². The number of pyridine rings is 1. The van der Waals surface area contributed by atoms with E-state index in [1.807, 2.05) is 0 Å². The number of hydrogen-bond acceptors (Lipinski definition) is 3. The van der Waals surface area contributed by atoms with Crippen LogP contribution in [-0.4, -0.2) is 42.0 Å². The van der Waals surface area contributed by atoms with E-state index in [9.17, 15) is 9.59 Å². The molecule has 0 saturated carbocycles. The SMILES string of the molecule is CCN(CC)CCNC(=O)c1cc(=O)[nH]c2ccc(Cl)cc12. The number of carbonyl (C=O) groups excluding carboxylic acids is 1. The van der Waals surface area contributed by atoms with Crippen LogP contribution < -0.4 is 10.9 Å². The third-order valence-corrected chi connectivity index (χ3v) is 3.89. The van der Waals surface area contributed by atoms with Gasteiger partial charge >= 0.3 is 0 Å². The molecule has 1 heterocycles. The van der Waals surface area contributed by atoms with Crippen molar-refractivity contribution in [3.05, 3.63) is 45.2 Å². The molecule has 0 spiro atoms. The number of nitrogens with zero attached hydrogens (tertiary/aromatic N) is 1. The summed E-state index contributed by atoms with van der Waals surface area (Å²) in [5, 5.41) is 4.03. The number of rotatable bonds is 6. The molecule has 1 aromatic carbocycles. The van der Waals surface area contributed by atoms with Crippen LogP contribution in [0, 0.1) is 0 Å². The van der Waals surface area contributed by atoms with Gasteiger partial charge in [-0.1, -0.05) is 25.4 Å². The molecular weight excluding hydrogens is 302 g/mol. The quantitative estimate of drug-likeness (QED) is 0.857.